The number of ether oxygens (including phenoxy) is 1. The highest BCUT2D eigenvalue weighted by molar-refractivity contribution is 9.10. The molecule has 11 heteroatoms. The Kier molecular flexibility index (Phi) is 5.72. The van der Waals surface area contributed by atoms with Gasteiger partial charge >= 0.3 is 0 Å². The van der Waals surface area contributed by atoms with Crippen molar-refractivity contribution in [3.05, 3.63) is 56.5 Å². The van der Waals surface area contributed by atoms with Gasteiger partial charge in [-0.2, -0.15) is 5.10 Å². The number of halogens is 1. The van der Waals surface area contributed by atoms with Gasteiger partial charge in [0.2, 0.25) is 10.0 Å². The molecule has 0 bridgehead atoms. The molecular weight excluding hydrogens is 416 g/mol. The molecule has 3 N–H and O–H groups in total. The van der Waals surface area contributed by atoms with Gasteiger partial charge in [-0.15, -0.1) is 0 Å². The van der Waals surface area contributed by atoms with Crippen molar-refractivity contribution >= 4 is 43.5 Å². The summed E-state index contributed by atoms with van der Waals surface area (Å²) >= 11 is 3.32. The molecule has 0 spiro atoms. The lowest BCUT2D eigenvalue weighted by Crippen LogP contribution is -2.12. The SMILES string of the molecule is COc1ccc(Br)cc1/C=N/Nc1ccc(S(N)(=O)=O)cc1[N+](=O)[O-]. The number of hydrazone groups is 1. The van der Waals surface area contributed by atoms with Crippen LogP contribution in [0.25, 0.3) is 0 Å². The van der Waals surface area contributed by atoms with Crippen LogP contribution < -0.4 is 15.3 Å². The first-order valence-electron chi connectivity index (χ1n) is 6.66. The van der Waals surface area contributed by atoms with E-state index < -0.39 is 20.6 Å². The zero-order valence-corrected chi connectivity index (χ0v) is 15.2. The number of benzene rings is 2. The largest absolute Gasteiger partial charge is 0.496 e. The molecule has 0 unspecified atom stereocenters. The first-order valence-corrected chi connectivity index (χ1v) is 9.00. The first kappa shape index (κ1) is 18.8. The van der Waals surface area contributed by atoms with E-state index in [-0.39, 0.29) is 10.6 Å². The van der Waals surface area contributed by atoms with Gasteiger partial charge in [-0.05, 0) is 30.3 Å². The second-order valence-corrected chi connectivity index (χ2v) is 7.21. The second-order valence-electron chi connectivity index (χ2n) is 4.74. The first-order chi connectivity index (χ1) is 11.7. The van der Waals surface area contributed by atoms with E-state index >= 15 is 0 Å². The molecule has 0 aliphatic rings. The lowest BCUT2D eigenvalue weighted by molar-refractivity contribution is -0.384. The van der Waals surface area contributed by atoms with Crippen molar-refractivity contribution in [2.75, 3.05) is 12.5 Å². The number of nitrogens with one attached hydrogen (secondary N) is 1. The van der Waals surface area contributed by atoms with Crippen LogP contribution in [0.15, 0.2) is 50.9 Å². The minimum Gasteiger partial charge on any atom is -0.496 e. The molecule has 132 valence electrons. The van der Waals surface area contributed by atoms with Gasteiger partial charge in [0.15, 0.2) is 0 Å². The monoisotopic (exact) mass is 428 g/mol. The smallest absolute Gasteiger partial charge is 0.295 e. The topological polar surface area (TPSA) is 137 Å². The summed E-state index contributed by atoms with van der Waals surface area (Å²) in [5.41, 5.74) is 2.69. The summed E-state index contributed by atoms with van der Waals surface area (Å²) in [5, 5.41) is 20.0. The van der Waals surface area contributed by atoms with Crippen LogP contribution in [0.1, 0.15) is 5.56 Å². The molecule has 0 heterocycles. The maximum atomic E-state index is 11.3. The van der Waals surface area contributed by atoms with Crippen molar-refractivity contribution in [2.24, 2.45) is 10.2 Å². The highest BCUT2D eigenvalue weighted by atomic mass is 79.9. The third-order valence-corrected chi connectivity index (χ3v) is 4.48. The van der Waals surface area contributed by atoms with Gasteiger partial charge in [0, 0.05) is 16.1 Å². The van der Waals surface area contributed by atoms with Gasteiger partial charge in [-0.1, -0.05) is 15.9 Å². The Morgan fingerprint density at radius 1 is 1.32 bits per heavy atom. The van der Waals surface area contributed by atoms with E-state index in [2.05, 4.69) is 26.5 Å². The van der Waals surface area contributed by atoms with Gasteiger partial charge in [-0.25, -0.2) is 13.6 Å². The fourth-order valence-corrected chi connectivity index (χ4v) is 2.82. The van der Waals surface area contributed by atoms with Crippen molar-refractivity contribution < 1.29 is 18.1 Å². The summed E-state index contributed by atoms with van der Waals surface area (Å²) < 4.78 is 28.6. The Balaban J connectivity index is 2.32. The molecule has 0 fully saturated rings. The lowest BCUT2D eigenvalue weighted by atomic mass is 10.2. The summed E-state index contributed by atoms with van der Waals surface area (Å²) in [6, 6.07) is 8.51. The molecule has 0 aliphatic heterocycles. The van der Waals surface area contributed by atoms with Crippen molar-refractivity contribution in [1.29, 1.82) is 0 Å². The minimum absolute atomic E-state index is 0.0163. The molecule has 2 aromatic carbocycles. The van der Waals surface area contributed by atoms with Gasteiger partial charge < -0.3 is 4.74 Å². The van der Waals surface area contributed by atoms with Crippen LogP contribution in [0.4, 0.5) is 11.4 Å². The third-order valence-electron chi connectivity index (χ3n) is 3.07. The summed E-state index contributed by atoms with van der Waals surface area (Å²) in [6.07, 6.45) is 1.42. The fourth-order valence-electron chi connectivity index (χ4n) is 1.91. The van der Waals surface area contributed by atoms with Crippen LogP contribution in [-0.2, 0) is 10.0 Å². The maximum absolute atomic E-state index is 11.3. The zero-order chi connectivity index (χ0) is 18.6. The number of primary sulfonamides is 1. The number of methoxy groups -OCH3 is 1. The number of sulfonamides is 1. The standard InChI is InChI=1S/C14H13BrN4O5S/c1-24-14-5-2-10(15)6-9(14)8-17-18-12-4-3-11(25(16,22)23)7-13(12)19(20)21/h2-8,18H,1H3,(H2,16,22,23)/b17-8+. The van der Waals surface area contributed by atoms with E-state index in [4.69, 9.17) is 9.88 Å². The number of nitrogens with two attached hydrogens (primary N) is 1. The molecular formula is C14H13BrN4O5S. The summed E-state index contributed by atoms with van der Waals surface area (Å²) in [6.45, 7) is 0. The van der Waals surface area contributed by atoms with Crippen LogP contribution >= 0.6 is 15.9 Å². The Morgan fingerprint density at radius 3 is 2.64 bits per heavy atom. The summed E-state index contributed by atoms with van der Waals surface area (Å²) in [7, 11) is -2.54. The predicted molar refractivity (Wildman–Crippen MR) is 96.4 cm³/mol. The van der Waals surface area contributed by atoms with Gasteiger partial charge in [0.25, 0.3) is 5.69 Å². The van der Waals surface area contributed by atoms with Gasteiger partial charge in [0.05, 0.1) is 23.1 Å². The molecule has 0 radical (unpaired) electrons. The Bertz CT molecular complexity index is 946. The van der Waals surface area contributed by atoms with E-state index in [9.17, 15) is 18.5 Å². The summed E-state index contributed by atoms with van der Waals surface area (Å²) in [4.78, 5) is 10.0. The molecule has 0 saturated heterocycles. The van der Waals surface area contributed by atoms with Gasteiger partial charge in [-0.3, -0.25) is 15.5 Å². The normalized spacial score (nSPS) is 11.5. The minimum atomic E-state index is -4.05. The van der Waals surface area contributed by atoms with Crippen molar-refractivity contribution in [3.63, 3.8) is 0 Å². The van der Waals surface area contributed by atoms with Crippen LogP contribution in [0.2, 0.25) is 0 Å². The molecule has 9 nitrogen and oxygen atoms in total. The van der Waals surface area contributed by atoms with Crippen molar-refractivity contribution in [3.8, 4) is 5.75 Å². The Labute approximate surface area is 151 Å². The quantitative estimate of drug-likeness (QED) is 0.411. The Morgan fingerprint density at radius 2 is 2.04 bits per heavy atom. The van der Waals surface area contributed by atoms with Crippen molar-refractivity contribution in [2.45, 2.75) is 4.90 Å². The lowest BCUT2D eigenvalue weighted by Gasteiger charge is -2.06. The number of hydrogen-bond acceptors (Lipinski definition) is 7. The highest BCUT2D eigenvalue weighted by Gasteiger charge is 2.18. The fraction of sp³-hybridized carbons (Fsp3) is 0.0714. The number of rotatable bonds is 6. The molecule has 0 atom stereocenters. The highest BCUT2D eigenvalue weighted by Crippen LogP contribution is 2.27. The van der Waals surface area contributed by atoms with Crippen molar-refractivity contribution in [1.82, 2.24) is 0 Å². The number of nitro benzene ring substituents is 1. The van der Waals surface area contributed by atoms with Crippen LogP contribution in [0.5, 0.6) is 5.75 Å². The predicted octanol–water partition coefficient (Wildman–Crippen LogP) is 2.46. The summed E-state index contributed by atoms with van der Waals surface area (Å²) in [5.74, 6) is 0.563. The molecule has 0 aromatic heterocycles. The molecule has 25 heavy (non-hydrogen) atoms. The molecule has 0 amide bonds. The van der Waals surface area contributed by atoms with E-state index in [1.807, 2.05) is 0 Å². The number of nitro groups is 1. The molecule has 2 aromatic rings. The van der Waals surface area contributed by atoms with Gasteiger partial charge in [0.1, 0.15) is 11.4 Å². The van der Waals surface area contributed by atoms with E-state index in [0.717, 1.165) is 16.6 Å². The van der Waals surface area contributed by atoms with Crippen LogP contribution in [0.3, 0.4) is 0 Å². The number of nitrogens with zero attached hydrogens (tertiary/aromatic N) is 2. The average molecular weight is 429 g/mol. The number of hydrogen-bond donors (Lipinski definition) is 2. The van der Waals surface area contributed by atoms with E-state index in [1.54, 1.807) is 18.2 Å². The Hall–Kier alpha value is -2.50. The van der Waals surface area contributed by atoms with Crippen LogP contribution in [-0.4, -0.2) is 26.7 Å². The number of anilines is 1. The molecule has 2 rings (SSSR count). The second kappa shape index (κ2) is 7.59. The maximum Gasteiger partial charge on any atom is 0.295 e. The van der Waals surface area contributed by atoms with Crippen LogP contribution in [0, 0.1) is 10.1 Å². The zero-order valence-electron chi connectivity index (χ0n) is 12.8. The van der Waals surface area contributed by atoms with E-state index in [0.29, 0.717) is 11.3 Å². The third kappa shape index (κ3) is 4.75. The average Bonchev–Trinajstić information content (AvgIpc) is 2.54. The molecule has 0 aliphatic carbocycles. The molecule has 0 saturated carbocycles. The van der Waals surface area contributed by atoms with E-state index in [1.165, 1.54) is 19.4 Å².